The van der Waals surface area contributed by atoms with Gasteiger partial charge in [0.05, 0.1) is 11.6 Å². The monoisotopic (exact) mass is 317 g/mol. The molecule has 3 nitrogen and oxygen atoms in total. The number of benzene rings is 2. The van der Waals surface area contributed by atoms with E-state index in [2.05, 4.69) is 0 Å². The summed E-state index contributed by atoms with van der Waals surface area (Å²) in [6.45, 7) is 0.229. The lowest BCUT2D eigenvalue weighted by Gasteiger charge is -2.23. The minimum Gasteiger partial charge on any atom is -0.444 e. The summed E-state index contributed by atoms with van der Waals surface area (Å²) in [5, 5.41) is 0.243. The summed E-state index contributed by atoms with van der Waals surface area (Å²) in [7, 11) is 0. The largest absolute Gasteiger partial charge is 0.444 e. The molecule has 5 heteroatoms. The molecule has 0 unspecified atom stereocenters. The van der Waals surface area contributed by atoms with Crippen molar-refractivity contribution in [2.75, 3.05) is 0 Å². The minimum atomic E-state index is -0.537. The van der Waals surface area contributed by atoms with Crippen LogP contribution in [0, 0.1) is 5.82 Å². The molecule has 0 aliphatic carbocycles. The molecule has 0 radical (unpaired) electrons. The van der Waals surface area contributed by atoms with E-state index in [1.165, 1.54) is 17.0 Å². The summed E-state index contributed by atoms with van der Waals surface area (Å²) in [5.74, 6) is -0.486. The fourth-order valence-corrected chi connectivity index (χ4v) is 2.48. The Balaban J connectivity index is 1.67. The lowest BCUT2D eigenvalue weighted by molar-refractivity contribution is 0.108. The second kappa shape index (κ2) is 6.20. The van der Waals surface area contributed by atoms with Crippen LogP contribution in [0.5, 0.6) is 0 Å². The fraction of sp³-hybridized carbons (Fsp3) is 0.118. The Morgan fingerprint density at radius 3 is 2.86 bits per heavy atom. The van der Waals surface area contributed by atoms with E-state index in [9.17, 15) is 9.18 Å². The van der Waals surface area contributed by atoms with Crippen molar-refractivity contribution < 1.29 is 13.9 Å². The molecule has 0 aromatic heterocycles. The van der Waals surface area contributed by atoms with Crippen LogP contribution < -0.4 is 0 Å². The first-order valence-electron chi connectivity index (χ1n) is 6.77. The normalized spacial score (nSPS) is 12.9. The minimum absolute atomic E-state index is 0.180. The van der Waals surface area contributed by atoms with Crippen molar-refractivity contribution in [1.82, 2.24) is 4.90 Å². The van der Waals surface area contributed by atoms with Crippen molar-refractivity contribution in [3.63, 3.8) is 0 Å². The van der Waals surface area contributed by atoms with Crippen molar-refractivity contribution >= 4 is 23.8 Å². The Kier molecular flexibility index (Phi) is 4.11. The number of hydrogen-bond acceptors (Lipinski definition) is 2. The molecule has 2 aromatic rings. The van der Waals surface area contributed by atoms with Crippen LogP contribution in [0.25, 0.3) is 6.08 Å². The van der Waals surface area contributed by atoms with E-state index >= 15 is 0 Å². The molecule has 0 saturated heterocycles. The Morgan fingerprint density at radius 1 is 1.23 bits per heavy atom. The van der Waals surface area contributed by atoms with Gasteiger partial charge in [-0.05, 0) is 29.3 Å². The maximum absolute atomic E-state index is 13.6. The molecule has 0 saturated carbocycles. The van der Waals surface area contributed by atoms with E-state index in [0.717, 1.165) is 11.1 Å². The third-order valence-electron chi connectivity index (χ3n) is 3.47. The summed E-state index contributed by atoms with van der Waals surface area (Å²) in [5.41, 5.74) is 2.29. The number of fused-ring (bicyclic) bond motifs is 1. The number of hydrogen-bond donors (Lipinski definition) is 0. The quantitative estimate of drug-likeness (QED) is 0.810. The SMILES string of the molecule is O=C(OCc1c(F)cccc1Cl)N1C=Cc2ccccc2C1. The Hall–Kier alpha value is -2.33. The molecule has 0 N–H and O–H groups in total. The van der Waals surface area contributed by atoms with E-state index in [0.29, 0.717) is 6.54 Å². The van der Waals surface area contributed by atoms with Crippen molar-refractivity contribution in [1.29, 1.82) is 0 Å². The smallest absolute Gasteiger partial charge is 0.414 e. The maximum Gasteiger partial charge on any atom is 0.414 e. The van der Waals surface area contributed by atoms with Gasteiger partial charge in [0.15, 0.2) is 0 Å². The van der Waals surface area contributed by atoms with Crippen LogP contribution in [0.15, 0.2) is 48.7 Å². The van der Waals surface area contributed by atoms with Crippen LogP contribution in [0.3, 0.4) is 0 Å². The first-order valence-corrected chi connectivity index (χ1v) is 7.15. The zero-order valence-electron chi connectivity index (χ0n) is 11.6. The van der Waals surface area contributed by atoms with Gasteiger partial charge in [-0.1, -0.05) is 41.9 Å². The second-order valence-electron chi connectivity index (χ2n) is 4.90. The van der Waals surface area contributed by atoms with Crippen LogP contribution in [0.1, 0.15) is 16.7 Å². The second-order valence-corrected chi connectivity index (χ2v) is 5.30. The molecule has 22 heavy (non-hydrogen) atoms. The van der Waals surface area contributed by atoms with Gasteiger partial charge in [-0.25, -0.2) is 9.18 Å². The number of rotatable bonds is 2. The molecule has 0 spiro atoms. The Bertz CT molecular complexity index is 725. The number of carbonyl (C=O) groups excluding carboxylic acids is 1. The molecular formula is C17H13ClFNO2. The molecule has 1 aliphatic rings. The summed E-state index contributed by atoms with van der Waals surface area (Å²) in [6, 6.07) is 12.1. The zero-order valence-corrected chi connectivity index (χ0v) is 12.4. The highest BCUT2D eigenvalue weighted by Gasteiger charge is 2.18. The Labute approximate surface area is 132 Å². The van der Waals surface area contributed by atoms with Gasteiger partial charge in [-0.2, -0.15) is 0 Å². The number of carbonyl (C=O) groups is 1. The van der Waals surface area contributed by atoms with E-state index in [1.54, 1.807) is 12.3 Å². The lowest BCUT2D eigenvalue weighted by atomic mass is 10.1. The average molecular weight is 318 g/mol. The molecular weight excluding hydrogens is 305 g/mol. The first kappa shape index (κ1) is 14.6. The summed E-state index contributed by atoms with van der Waals surface area (Å²) in [6.07, 6.45) is 2.97. The van der Waals surface area contributed by atoms with Crippen LogP contribution in [-0.4, -0.2) is 11.0 Å². The van der Waals surface area contributed by atoms with Crippen molar-refractivity contribution in [3.8, 4) is 0 Å². The maximum atomic E-state index is 13.6. The van der Waals surface area contributed by atoms with Crippen LogP contribution in [-0.2, 0) is 17.9 Å². The molecule has 2 aromatic carbocycles. The number of ether oxygens (including phenoxy) is 1. The van der Waals surface area contributed by atoms with Gasteiger partial charge < -0.3 is 4.74 Å². The van der Waals surface area contributed by atoms with Gasteiger partial charge in [-0.3, -0.25) is 4.90 Å². The number of halogens is 2. The molecule has 0 fully saturated rings. The van der Waals surface area contributed by atoms with Crippen LogP contribution in [0.4, 0.5) is 9.18 Å². The molecule has 112 valence electrons. The van der Waals surface area contributed by atoms with Crippen LogP contribution >= 0.6 is 11.6 Å². The third kappa shape index (κ3) is 2.97. The molecule has 0 bridgehead atoms. The standard InChI is InChI=1S/C17H13ClFNO2/c18-15-6-3-7-16(19)14(15)11-22-17(21)20-9-8-12-4-1-2-5-13(12)10-20/h1-9H,10-11H2. The van der Waals surface area contributed by atoms with E-state index < -0.39 is 11.9 Å². The summed E-state index contributed by atoms with van der Waals surface area (Å²) < 4.78 is 18.8. The van der Waals surface area contributed by atoms with Crippen molar-refractivity contribution in [3.05, 3.63) is 76.2 Å². The van der Waals surface area contributed by atoms with Crippen molar-refractivity contribution in [2.45, 2.75) is 13.2 Å². The number of amides is 1. The van der Waals surface area contributed by atoms with E-state index in [-0.39, 0.29) is 17.2 Å². The van der Waals surface area contributed by atoms with Gasteiger partial charge in [0.1, 0.15) is 12.4 Å². The fourth-order valence-electron chi connectivity index (χ4n) is 2.26. The topological polar surface area (TPSA) is 29.5 Å². The molecule has 0 atom stereocenters. The van der Waals surface area contributed by atoms with Gasteiger partial charge in [0, 0.05) is 11.8 Å². The highest BCUT2D eigenvalue weighted by atomic mass is 35.5. The van der Waals surface area contributed by atoms with Gasteiger partial charge in [0.25, 0.3) is 0 Å². The summed E-state index contributed by atoms with van der Waals surface area (Å²) in [4.78, 5) is 13.5. The molecule has 1 heterocycles. The summed E-state index contributed by atoms with van der Waals surface area (Å²) >= 11 is 5.91. The lowest BCUT2D eigenvalue weighted by Crippen LogP contribution is -2.28. The number of nitrogens with zero attached hydrogens (tertiary/aromatic N) is 1. The highest BCUT2D eigenvalue weighted by Crippen LogP contribution is 2.22. The van der Waals surface area contributed by atoms with Gasteiger partial charge >= 0.3 is 6.09 Å². The Morgan fingerprint density at radius 2 is 2.05 bits per heavy atom. The van der Waals surface area contributed by atoms with Gasteiger partial charge in [-0.15, -0.1) is 0 Å². The first-order chi connectivity index (χ1) is 10.6. The molecule has 1 amide bonds. The predicted octanol–water partition coefficient (Wildman–Crippen LogP) is 4.60. The highest BCUT2D eigenvalue weighted by molar-refractivity contribution is 6.31. The van der Waals surface area contributed by atoms with Gasteiger partial charge in [0.2, 0.25) is 0 Å². The average Bonchev–Trinajstić information content (AvgIpc) is 2.53. The van der Waals surface area contributed by atoms with E-state index in [1.807, 2.05) is 30.3 Å². The van der Waals surface area contributed by atoms with Crippen molar-refractivity contribution in [2.24, 2.45) is 0 Å². The third-order valence-corrected chi connectivity index (χ3v) is 3.82. The van der Waals surface area contributed by atoms with E-state index in [4.69, 9.17) is 16.3 Å². The van der Waals surface area contributed by atoms with Crippen LogP contribution in [0.2, 0.25) is 5.02 Å². The molecule has 3 rings (SSSR count). The molecule has 1 aliphatic heterocycles. The zero-order chi connectivity index (χ0) is 15.5. The predicted molar refractivity (Wildman–Crippen MR) is 82.6 cm³/mol.